The summed E-state index contributed by atoms with van der Waals surface area (Å²) in [6, 6.07) is 0. The zero-order valence-electron chi connectivity index (χ0n) is 8.71. The Morgan fingerprint density at radius 3 is 2.38 bits per heavy atom. The van der Waals surface area contributed by atoms with Crippen LogP contribution >= 0.6 is 0 Å². The van der Waals surface area contributed by atoms with E-state index in [9.17, 15) is 4.79 Å². The monoisotopic (exact) mass is 184 g/mol. The minimum absolute atomic E-state index is 0.0368. The summed E-state index contributed by atoms with van der Waals surface area (Å²) in [6.45, 7) is 4.99. The Kier molecular flexibility index (Phi) is 3.91. The van der Waals surface area contributed by atoms with E-state index in [2.05, 4.69) is 13.8 Å². The summed E-state index contributed by atoms with van der Waals surface area (Å²) in [5.41, 5.74) is 0.0368. The van der Waals surface area contributed by atoms with Crippen molar-refractivity contribution in [3.8, 4) is 0 Å². The van der Waals surface area contributed by atoms with Gasteiger partial charge >= 0.3 is 0 Å². The van der Waals surface area contributed by atoms with Gasteiger partial charge in [-0.05, 0) is 19.3 Å². The predicted octanol–water partition coefficient (Wildman–Crippen LogP) is 2.56. The number of carbonyl (C=O) groups is 1. The average Bonchev–Trinajstić information content (AvgIpc) is 2.50. The van der Waals surface area contributed by atoms with Crippen LogP contribution in [-0.4, -0.2) is 18.5 Å². The topological polar surface area (TPSA) is 26.3 Å². The van der Waals surface area contributed by atoms with E-state index in [1.165, 1.54) is 0 Å². The second kappa shape index (κ2) is 4.75. The molecule has 0 bridgehead atoms. The molecule has 0 radical (unpaired) electrons. The van der Waals surface area contributed by atoms with Gasteiger partial charge in [-0.1, -0.05) is 26.7 Å². The van der Waals surface area contributed by atoms with Crippen molar-refractivity contribution in [1.82, 2.24) is 0 Å². The molecule has 1 heterocycles. The molecule has 0 aromatic heterocycles. The normalized spacial score (nSPS) is 26.2. The van der Waals surface area contributed by atoms with Crippen molar-refractivity contribution < 1.29 is 9.53 Å². The van der Waals surface area contributed by atoms with Gasteiger partial charge in [0.1, 0.15) is 6.29 Å². The zero-order valence-corrected chi connectivity index (χ0v) is 8.71. The SMILES string of the molecule is CCCC1(CCC)CC(C=O)CO1. The Balaban J connectivity index is 2.53. The molecule has 0 aromatic rings. The van der Waals surface area contributed by atoms with Gasteiger partial charge in [0.05, 0.1) is 12.2 Å². The van der Waals surface area contributed by atoms with E-state index in [-0.39, 0.29) is 11.5 Å². The van der Waals surface area contributed by atoms with Crippen LogP contribution in [0.25, 0.3) is 0 Å². The molecular formula is C11H20O2. The third-order valence-corrected chi connectivity index (χ3v) is 2.84. The zero-order chi connectivity index (χ0) is 9.73. The molecule has 0 aromatic carbocycles. The van der Waals surface area contributed by atoms with Crippen molar-refractivity contribution in [2.75, 3.05) is 6.61 Å². The summed E-state index contributed by atoms with van der Waals surface area (Å²) in [6.07, 6.45) is 6.48. The van der Waals surface area contributed by atoms with Crippen molar-refractivity contribution in [2.24, 2.45) is 5.92 Å². The van der Waals surface area contributed by atoms with E-state index in [1.54, 1.807) is 0 Å². The highest BCUT2D eigenvalue weighted by atomic mass is 16.5. The van der Waals surface area contributed by atoms with E-state index < -0.39 is 0 Å². The number of ether oxygens (including phenoxy) is 1. The first-order valence-electron chi connectivity index (χ1n) is 5.35. The Morgan fingerprint density at radius 2 is 2.00 bits per heavy atom. The molecule has 0 spiro atoms. The molecule has 1 atom stereocenters. The van der Waals surface area contributed by atoms with Crippen molar-refractivity contribution in [3.63, 3.8) is 0 Å². The van der Waals surface area contributed by atoms with Gasteiger partial charge in [-0.3, -0.25) is 0 Å². The highest BCUT2D eigenvalue weighted by Crippen LogP contribution is 2.36. The van der Waals surface area contributed by atoms with Crippen LogP contribution in [0.3, 0.4) is 0 Å². The lowest BCUT2D eigenvalue weighted by molar-refractivity contribution is -0.111. The smallest absolute Gasteiger partial charge is 0.125 e. The van der Waals surface area contributed by atoms with Gasteiger partial charge in [0.25, 0.3) is 0 Å². The maximum Gasteiger partial charge on any atom is 0.125 e. The second-order valence-electron chi connectivity index (χ2n) is 4.09. The Hall–Kier alpha value is -0.370. The van der Waals surface area contributed by atoms with E-state index in [0.29, 0.717) is 6.61 Å². The van der Waals surface area contributed by atoms with E-state index in [0.717, 1.165) is 38.4 Å². The first-order chi connectivity index (χ1) is 6.26. The van der Waals surface area contributed by atoms with E-state index in [4.69, 9.17) is 4.74 Å². The van der Waals surface area contributed by atoms with Gasteiger partial charge in [-0.25, -0.2) is 0 Å². The standard InChI is InChI=1S/C11H20O2/c1-3-5-11(6-4-2)7-10(8-12)9-13-11/h8,10H,3-7,9H2,1-2H3. The molecule has 13 heavy (non-hydrogen) atoms. The molecule has 0 aliphatic carbocycles. The lowest BCUT2D eigenvalue weighted by Gasteiger charge is -2.27. The van der Waals surface area contributed by atoms with Crippen LogP contribution in [0.1, 0.15) is 46.0 Å². The molecule has 0 saturated carbocycles. The van der Waals surface area contributed by atoms with Crippen LogP contribution < -0.4 is 0 Å². The molecule has 2 nitrogen and oxygen atoms in total. The first kappa shape index (κ1) is 10.7. The van der Waals surface area contributed by atoms with Crippen LogP contribution in [0.15, 0.2) is 0 Å². The highest BCUT2D eigenvalue weighted by molar-refractivity contribution is 5.54. The molecule has 1 unspecified atom stereocenters. The van der Waals surface area contributed by atoms with Crippen molar-refractivity contribution in [1.29, 1.82) is 0 Å². The molecular weight excluding hydrogens is 164 g/mol. The molecule has 0 N–H and O–H groups in total. The molecule has 1 aliphatic rings. The summed E-state index contributed by atoms with van der Waals surface area (Å²) >= 11 is 0. The number of aldehydes is 1. The molecule has 1 aliphatic heterocycles. The Labute approximate surface area is 80.7 Å². The van der Waals surface area contributed by atoms with Gasteiger partial charge in [0.15, 0.2) is 0 Å². The van der Waals surface area contributed by atoms with E-state index in [1.807, 2.05) is 0 Å². The fourth-order valence-corrected chi connectivity index (χ4v) is 2.35. The summed E-state index contributed by atoms with van der Waals surface area (Å²) in [4.78, 5) is 10.6. The lowest BCUT2D eigenvalue weighted by Crippen LogP contribution is -2.27. The van der Waals surface area contributed by atoms with Crippen LogP contribution in [0.2, 0.25) is 0 Å². The molecule has 1 rings (SSSR count). The fourth-order valence-electron chi connectivity index (χ4n) is 2.35. The Morgan fingerprint density at radius 1 is 1.38 bits per heavy atom. The second-order valence-corrected chi connectivity index (χ2v) is 4.09. The first-order valence-corrected chi connectivity index (χ1v) is 5.35. The number of carbonyl (C=O) groups excluding carboxylic acids is 1. The quantitative estimate of drug-likeness (QED) is 0.614. The van der Waals surface area contributed by atoms with Gasteiger partial charge in [0, 0.05) is 5.92 Å². The number of hydrogen-bond donors (Lipinski definition) is 0. The van der Waals surface area contributed by atoms with Gasteiger partial charge in [0.2, 0.25) is 0 Å². The minimum atomic E-state index is 0.0368. The molecule has 1 fully saturated rings. The van der Waals surface area contributed by atoms with Gasteiger partial charge < -0.3 is 9.53 Å². The van der Waals surface area contributed by atoms with Crippen molar-refractivity contribution in [3.05, 3.63) is 0 Å². The van der Waals surface area contributed by atoms with Gasteiger partial charge in [-0.2, -0.15) is 0 Å². The van der Waals surface area contributed by atoms with Crippen LogP contribution in [-0.2, 0) is 9.53 Å². The number of hydrogen-bond acceptors (Lipinski definition) is 2. The number of rotatable bonds is 5. The maximum atomic E-state index is 10.6. The lowest BCUT2D eigenvalue weighted by atomic mass is 9.87. The summed E-state index contributed by atoms with van der Waals surface area (Å²) in [5, 5.41) is 0. The summed E-state index contributed by atoms with van der Waals surface area (Å²) < 4.78 is 5.79. The largest absolute Gasteiger partial charge is 0.374 e. The summed E-state index contributed by atoms with van der Waals surface area (Å²) in [7, 11) is 0. The minimum Gasteiger partial charge on any atom is -0.374 e. The average molecular weight is 184 g/mol. The fraction of sp³-hybridized carbons (Fsp3) is 0.909. The van der Waals surface area contributed by atoms with Crippen molar-refractivity contribution >= 4 is 6.29 Å². The van der Waals surface area contributed by atoms with Crippen molar-refractivity contribution in [2.45, 2.75) is 51.6 Å². The molecule has 1 saturated heterocycles. The summed E-state index contributed by atoms with van der Waals surface area (Å²) in [5.74, 6) is 0.151. The van der Waals surface area contributed by atoms with Crippen LogP contribution in [0, 0.1) is 5.92 Å². The molecule has 76 valence electrons. The predicted molar refractivity (Wildman–Crippen MR) is 52.7 cm³/mol. The van der Waals surface area contributed by atoms with E-state index >= 15 is 0 Å². The van der Waals surface area contributed by atoms with Gasteiger partial charge in [-0.15, -0.1) is 0 Å². The molecule has 0 amide bonds. The van der Waals surface area contributed by atoms with Crippen LogP contribution in [0.4, 0.5) is 0 Å². The Bertz CT molecular complexity index is 159. The highest BCUT2D eigenvalue weighted by Gasteiger charge is 2.38. The third-order valence-electron chi connectivity index (χ3n) is 2.84. The molecule has 2 heteroatoms. The van der Waals surface area contributed by atoms with Crippen LogP contribution in [0.5, 0.6) is 0 Å². The maximum absolute atomic E-state index is 10.6. The third kappa shape index (κ3) is 2.53.